The lowest BCUT2D eigenvalue weighted by Crippen LogP contribution is -2.35. The first-order chi connectivity index (χ1) is 9.37. The first-order valence-corrected chi connectivity index (χ1v) is 7.89. The van der Waals surface area contributed by atoms with E-state index in [0.29, 0.717) is 0 Å². The van der Waals surface area contributed by atoms with Crippen LogP contribution in [-0.2, 0) is 6.54 Å². The van der Waals surface area contributed by atoms with Crippen LogP contribution in [0.2, 0.25) is 5.02 Å². The van der Waals surface area contributed by atoms with Crippen LogP contribution in [0.3, 0.4) is 0 Å². The second-order valence-electron chi connectivity index (χ2n) is 6.19. The Labute approximate surface area is 128 Å². The zero-order valence-electron chi connectivity index (χ0n) is 13.5. The highest BCUT2D eigenvalue weighted by Gasteiger charge is 2.12. The second-order valence-corrected chi connectivity index (χ2v) is 6.59. The highest BCUT2D eigenvalue weighted by molar-refractivity contribution is 6.33. The summed E-state index contributed by atoms with van der Waals surface area (Å²) >= 11 is 6.40. The van der Waals surface area contributed by atoms with Crippen LogP contribution in [0.15, 0.2) is 12.3 Å². The van der Waals surface area contributed by atoms with E-state index in [-0.39, 0.29) is 5.54 Å². The van der Waals surface area contributed by atoms with Crippen molar-refractivity contribution in [1.29, 1.82) is 0 Å². The summed E-state index contributed by atoms with van der Waals surface area (Å²) in [6.45, 7) is 13.5. The number of hydrogen-bond donors (Lipinski definition) is 1. The number of anilines is 1. The lowest BCUT2D eigenvalue weighted by atomic mass is 10.1. The van der Waals surface area contributed by atoms with Crippen molar-refractivity contribution in [2.24, 2.45) is 0 Å². The SMILES string of the molecule is CCCCN(CC)c1ncc(CNC(C)(C)C)cc1Cl. The molecular formula is C16H28ClN3. The minimum Gasteiger partial charge on any atom is -0.356 e. The van der Waals surface area contributed by atoms with Gasteiger partial charge in [0.15, 0.2) is 0 Å². The Kier molecular flexibility index (Phi) is 6.77. The van der Waals surface area contributed by atoms with Gasteiger partial charge in [-0.15, -0.1) is 0 Å². The fourth-order valence-corrected chi connectivity index (χ4v) is 2.24. The van der Waals surface area contributed by atoms with Crippen molar-refractivity contribution in [3.63, 3.8) is 0 Å². The number of nitrogens with one attached hydrogen (secondary N) is 1. The Hall–Kier alpha value is -0.800. The van der Waals surface area contributed by atoms with Gasteiger partial charge < -0.3 is 10.2 Å². The fourth-order valence-electron chi connectivity index (χ4n) is 1.93. The fraction of sp³-hybridized carbons (Fsp3) is 0.688. The number of unbranched alkanes of at least 4 members (excludes halogenated alkanes) is 1. The van der Waals surface area contributed by atoms with Gasteiger partial charge >= 0.3 is 0 Å². The van der Waals surface area contributed by atoms with E-state index in [1.807, 2.05) is 12.3 Å². The summed E-state index contributed by atoms with van der Waals surface area (Å²) in [7, 11) is 0. The molecule has 0 atom stereocenters. The monoisotopic (exact) mass is 297 g/mol. The highest BCUT2D eigenvalue weighted by Crippen LogP contribution is 2.24. The van der Waals surface area contributed by atoms with Crippen molar-refractivity contribution >= 4 is 17.4 Å². The number of hydrogen-bond acceptors (Lipinski definition) is 3. The number of nitrogens with zero attached hydrogens (tertiary/aromatic N) is 2. The van der Waals surface area contributed by atoms with Gasteiger partial charge in [-0.3, -0.25) is 0 Å². The van der Waals surface area contributed by atoms with Crippen molar-refractivity contribution in [3.8, 4) is 0 Å². The molecule has 0 aliphatic heterocycles. The smallest absolute Gasteiger partial charge is 0.147 e. The topological polar surface area (TPSA) is 28.2 Å². The molecule has 3 nitrogen and oxygen atoms in total. The highest BCUT2D eigenvalue weighted by atomic mass is 35.5. The van der Waals surface area contributed by atoms with Gasteiger partial charge in [0.05, 0.1) is 5.02 Å². The summed E-state index contributed by atoms with van der Waals surface area (Å²) < 4.78 is 0. The zero-order chi connectivity index (χ0) is 15.2. The van der Waals surface area contributed by atoms with Crippen molar-refractivity contribution in [1.82, 2.24) is 10.3 Å². The molecule has 1 N–H and O–H groups in total. The molecule has 4 heteroatoms. The number of aromatic nitrogens is 1. The summed E-state index contributed by atoms with van der Waals surface area (Å²) in [6.07, 6.45) is 4.27. The van der Waals surface area contributed by atoms with Crippen LogP contribution in [0, 0.1) is 0 Å². The van der Waals surface area contributed by atoms with Gasteiger partial charge in [0.1, 0.15) is 5.82 Å². The molecule has 1 heterocycles. The third-order valence-electron chi connectivity index (χ3n) is 3.16. The Balaban J connectivity index is 2.76. The molecular weight excluding hydrogens is 270 g/mol. The molecule has 0 saturated carbocycles. The van der Waals surface area contributed by atoms with Gasteiger partial charge in [0, 0.05) is 31.4 Å². The van der Waals surface area contributed by atoms with E-state index in [9.17, 15) is 0 Å². The molecule has 0 amide bonds. The Morgan fingerprint density at radius 1 is 1.30 bits per heavy atom. The van der Waals surface area contributed by atoms with Crippen LogP contribution in [0.4, 0.5) is 5.82 Å². The molecule has 1 aromatic heterocycles. The van der Waals surface area contributed by atoms with Gasteiger partial charge in [-0.05, 0) is 45.7 Å². The lowest BCUT2D eigenvalue weighted by Gasteiger charge is -2.24. The van der Waals surface area contributed by atoms with Crippen molar-refractivity contribution < 1.29 is 0 Å². The Morgan fingerprint density at radius 2 is 2.00 bits per heavy atom. The molecule has 0 spiro atoms. The van der Waals surface area contributed by atoms with Crippen LogP contribution < -0.4 is 10.2 Å². The van der Waals surface area contributed by atoms with E-state index in [2.05, 4.69) is 49.8 Å². The van der Waals surface area contributed by atoms with Crippen LogP contribution in [0.25, 0.3) is 0 Å². The molecule has 0 aliphatic rings. The second kappa shape index (κ2) is 7.84. The molecule has 0 bridgehead atoms. The van der Waals surface area contributed by atoms with Crippen molar-refractivity contribution in [2.75, 3.05) is 18.0 Å². The van der Waals surface area contributed by atoms with E-state index in [4.69, 9.17) is 11.6 Å². The average molecular weight is 298 g/mol. The van der Waals surface area contributed by atoms with E-state index in [1.165, 1.54) is 12.8 Å². The predicted molar refractivity (Wildman–Crippen MR) is 88.6 cm³/mol. The molecule has 1 rings (SSSR count). The van der Waals surface area contributed by atoms with Gasteiger partial charge in [-0.1, -0.05) is 24.9 Å². The summed E-state index contributed by atoms with van der Waals surface area (Å²) in [4.78, 5) is 6.80. The largest absolute Gasteiger partial charge is 0.356 e. The molecule has 0 aromatic carbocycles. The minimum atomic E-state index is 0.0989. The van der Waals surface area contributed by atoms with Gasteiger partial charge in [0.2, 0.25) is 0 Å². The molecule has 20 heavy (non-hydrogen) atoms. The molecule has 0 unspecified atom stereocenters. The Bertz CT molecular complexity index is 413. The van der Waals surface area contributed by atoms with Crippen LogP contribution >= 0.6 is 11.6 Å². The predicted octanol–water partition coefficient (Wildman–Crippen LogP) is 4.25. The maximum Gasteiger partial charge on any atom is 0.147 e. The molecule has 114 valence electrons. The van der Waals surface area contributed by atoms with Crippen molar-refractivity contribution in [2.45, 2.75) is 59.5 Å². The minimum absolute atomic E-state index is 0.0989. The first-order valence-electron chi connectivity index (χ1n) is 7.51. The standard InChI is InChI=1S/C16H28ClN3/c1-6-8-9-20(7-2)15-14(17)10-13(11-18-15)12-19-16(3,4)5/h10-11,19H,6-9,12H2,1-5H3. The molecule has 0 saturated heterocycles. The maximum absolute atomic E-state index is 6.40. The van der Waals surface area contributed by atoms with E-state index >= 15 is 0 Å². The summed E-state index contributed by atoms with van der Waals surface area (Å²) in [6, 6.07) is 2.03. The zero-order valence-corrected chi connectivity index (χ0v) is 14.2. The number of rotatable bonds is 7. The molecule has 0 aliphatic carbocycles. The van der Waals surface area contributed by atoms with Gasteiger partial charge in [-0.25, -0.2) is 4.98 Å². The molecule has 0 radical (unpaired) electrons. The summed E-state index contributed by atoms with van der Waals surface area (Å²) in [5, 5.41) is 4.20. The van der Waals surface area contributed by atoms with E-state index < -0.39 is 0 Å². The molecule has 1 aromatic rings. The van der Waals surface area contributed by atoms with E-state index in [0.717, 1.165) is 36.0 Å². The third-order valence-corrected chi connectivity index (χ3v) is 3.44. The summed E-state index contributed by atoms with van der Waals surface area (Å²) in [5.74, 6) is 0.905. The first kappa shape index (κ1) is 17.3. The van der Waals surface area contributed by atoms with Gasteiger partial charge in [-0.2, -0.15) is 0 Å². The quantitative estimate of drug-likeness (QED) is 0.815. The van der Waals surface area contributed by atoms with E-state index in [1.54, 1.807) is 0 Å². The third kappa shape index (κ3) is 5.68. The number of pyridine rings is 1. The normalized spacial score (nSPS) is 11.7. The number of halogens is 1. The average Bonchev–Trinajstić information content (AvgIpc) is 2.38. The van der Waals surface area contributed by atoms with Crippen molar-refractivity contribution in [3.05, 3.63) is 22.8 Å². The van der Waals surface area contributed by atoms with Crippen LogP contribution in [-0.4, -0.2) is 23.6 Å². The van der Waals surface area contributed by atoms with Crippen LogP contribution in [0.1, 0.15) is 53.0 Å². The maximum atomic E-state index is 6.40. The molecule has 0 fully saturated rings. The summed E-state index contributed by atoms with van der Waals surface area (Å²) in [5.41, 5.74) is 1.22. The Morgan fingerprint density at radius 3 is 2.50 bits per heavy atom. The van der Waals surface area contributed by atoms with Gasteiger partial charge in [0.25, 0.3) is 0 Å². The van der Waals surface area contributed by atoms with Crippen LogP contribution in [0.5, 0.6) is 0 Å². The lowest BCUT2D eigenvalue weighted by molar-refractivity contribution is 0.424.